The van der Waals surface area contributed by atoms with Gasteiger partial charge in [-0.3, -0.25) is 9.69 Å². The summed E-state index contributed by atoms with van der Waals surface area (Å²) in [6.07, 6.45) is 0.691. The largest absolute Gasteiger partial charge is 0.396 e. The van der Waals surface area contributed by atoms with Gasteiger partial charge in [-0.15, -0.1) is 0 Å². The molecule has 0 aromatic heterocycles. The van der Waals surface area contributed by atoms with Crippen molar-refractivity contribution in [3.63, 3.8) is 0 Å². The number of para-hydroxylation sites is 1. The Morgan fingerprint density at radius 3 is 2.26 bits per heavy atom. The predicted octanol–water partition coefficient (Wildman–Crippen LogP) is 3.16. The summed E-state index contributed by atoms with van der Waals surface area (Å²) in [5, 5.41) is 9.10. The molecule has 0 aliphatic heterocycles. The Bertz CT molecular complexity index is 466. The molecule has 0 atom stereocenters. The number of aliphatic hydroxyl groups is 1. The van der Waals surface area contributed by atoms with Gasteiger partial charge >= 0.3 is 0 Å². The minimum absolute atomic E-state index is 0.105. The first-order chi connectivity index (χ1) is 10.7. The summed E-state index contributed by atoms with van der Waals surface area (Å²) in [5.74, 6) is 0.105. The lowest BCUT2D eigenvalue weighted by molar-refractivity contribution is -0.120. The van der Waals surface area contributed by atoms with E-state index in [-0.39, 0.29) is 24.0 Å². The fourth-order valence-corrected chi connectivity index (χ4v) is 2.77. The van der Waals surface area contributed by atoms with Gasteiger partial charge in [0.25, 0.3) is 0 Å². The maximum Gasteiger partial charge on any atom is 0.241 e. The monoisotopic (exact) mass is 320 g/mol. The van der Waals surface area contributed by atoms with Crippen LogP contribution in [-0.4, -0.2) is 48.2 Å². The zero-order chi connectivity index (χ0) is 17.5. The predicted molar refractivity (Wildman–Crippen MR) is 96.7 cm³/mol. The van der Waals surface area contributed by atoms with Crippen molar-refractivity contribution in [3.05, 3.63) is 30.3 Å². The molecule has 4 nitrogen and oxygen atoms in total. The van der Waals surface area contributed by atoms with Gasteiger partial charge in [-0.05, 0) is 37.8 Å². The van der Waals surface area contributed by atoms with Crippen LogP contribution in [0.25, 0.3) is 0 Å². The van der Waals surface area contributed by atoms with Crippen LogP contribution in [0.3, 0.4) is 0 Å². The van der Waals surface area contributed by atoms with E-state index in [1.54, 1.807) is 0 Å². The van der Waals surface area contributed by atoms with Crippen LogP contribution in [-0.2, 0) is 4.79 Å². The Labute approximate surface area is 141 Å². The van der Waals surface area contributed by atoms with Gasteiger partial charge in [-0.2, -0.15) is 0 Å². The maximum absolute atomic E-state index is 12.9. The molecule has 0 aliphatic carbocycles. The number of hydrogen-bond acceptors (Lipinski definition) is 3. The standard InChI is InChI=1S/C19H32N2O2/c1-16(2)21(17-10-7-6-8-11-17)18(23)14-20(12-9-13-22)15-19(3,4)5/h6-8,10-11,16,22H,9,12-15H2,1-5H3. The first-order valence-corrected chi connectivity index (χ1v) is 8.45. The molecule has 1 N–H and O–H groups in total. The Morgan fingerprint density at radius 2 is 1.78 bits per heavy atom. The van der Waals surface area contributed by atoms with Crippen molar-refractivity contribution in [3.8, 4) is 0 Å². The van der Waals surface area contributed by atoms with Gasteiger partial charge < -0.3 is 10.0 Å². The van der Waals surface area contributed by atoms with Crippen LogP contribution in [0.4, 0.5) is 5.69 Å². The Morgan fingerprint density at radius 1 is 1.17 bits per heavy atom. The first-order valence-electron chi connectivity index (χ1n) is 8.45. The van der Waals surface area contributed by atoms with E-state index in [0.717, 1.165) is 18.8 Å². The summed E-state index contributed by atoms with van der Waals surface area (Å²) in [6.45, 7) is 12.7. The average Bonchev–Trinajstić information content (AvgIpc) is 2.44. The first kappa shape index (κ1) is 19.7. The molecular formula is C19H32N2O2. The van der Waals surface area contributed by atoms with E-state index in [2.05, 4.69) is 25.7 Å². The van der Waals surface area contributed by atoms with Crippen molar-refractivity contribution in [2.75, 3.05) is 31.1 Å². The number of benzene rings is 1. The number of carbonyl (C=O) groups is 1. The van der Waals surface area contributed by atoms with Gasteiger partial charge in [0.15, 0.2) is 0 Å². The van der Waals surface area contributed by atoms with Crippen LogP contribution in [0.15, 0.2) is 30.3 Å². The smallest absolute Gasteiger partial charge is 0.241 e. The highest BCUT2D eigenvalue weighted by molar-refractivity contribution is 5.95. The van der Waals surface area contributed by atoms with E-state index in [9.17, 15) is 4.79 Å². The molecule has 1 aromatic rings. The van der Waals surface area contributed by atoms with Crippen molar-refractivity contribution >= 4 is 11.6 Å². The molecule has 0 bridgehead atoms. The van der Waals surface area contributed by atoms with Crippen molar-refractivity contribution in [2.45, 2.75) is 47.1 Å². The molecule has 1 aromatic carbocycles. The van der Waals surface area contributed by atoms with Gasteiger partial charge in [-0.1, -0.05) is 39.0 Å². The highest BCUT2D eigenvalue weighted by Gasteiger charge is 2.23. The minimum Gasteiger partial charge on any atom is -0.396 e. The molecule has 23 heavy (non-hydrogen) atoms. The summed E-state index contributed by atoms with van der Waals surface area (Å²) >= 11 is 0. The van der Waals surface area contributed by atoms with E-state index in [1.165, 1.54) is 0 Å². The van der Waals surface area contributed by atoms with Gasteiger partial charge in [-0.25, -0.2) is 0 Å². The molecular weight excluding hydrogens is 288 g/mol. The van der Waals surface area contributed by atoms with Crippen molar-refractivity contribution in [2.24, 2.45) is 5.41 Å². The van der Waals surface area contributed by atoms with Crippen molar-refractivity contribution < 1.29 is 9.90 Å². The number of anilines is 1. The van der Waals surface area contributed by atoms with Crippen LogP contribution < -0.4 is 4.90 Å². The van der Waals surface area contributed by atoms with Crippen LogP contribution in [0.5, 0.6) is 0 Å². The molecule has 4 heteroatoms. The van der Waals surface area contributed by atoms with Gasteiger partial charge in [0.2, 0.25) is 5.91 Å². The molecule has 0 spiro atoms. The van der Waals surface area contributed by atoms with Crippen molar-refractivity contribution in [1.29, 1.82) is 0 Å². The lowest BCUT2D eigenvalue weighted by Crippen LogP contribution is -2.46. The quantitative estimate of drug-likeness (QED) is 0.800. The zero-order valence-electron chi connectivity index (χ0n) is 15.2. The molecule has 0 radical (unpaired) electrons. The Kier molecular flexibility index (Phi) is 7.73. The summed E-state index contributed by atoms with van der Waals surface area (Å²) in [7, 11) is 0. The normalized spacial score (nSPS) is 12.0. The highest BCUT2D eigenvalue weighted by Crippen LogP contribution is 2.19. The summed E-state index contributed by atoms with van der Waals surface area (Å²) in [4.78, 5) is 16.9. The molecule has 0 aliphatic rings. The van der Waals surface area contributed by atoms with E-state index >= 15 is 0 Å². The van der Waals surface area contributed by atoms with Crippen LogP contribution in [0, 0.1) is 5.41 Å². The highest BCUT2D eigenvalue weighted by atomic mass is 16.3. The topological polar surface area (TPSA) is 43.8 Å². The van der Waals surface area contributed by atoms with E-state index in [4.69, 9.17) is 5.11 Å². The number of amides is 1. The number of nitrogens with zero attached hydrogens (tertiary/aromatic N) is 2. The number of carbonyl (C=O) groups excluding carboxylic acids is 1. The second-order valence-corrected chi connectivity index (χ2v) is 7.54. The third kappa shape index (κ3) is 7.14. The summed E-state index contributed by atoms with van der Waals surface area (Å²) in [5.41, 5.74) is 1.05. The fourth-order valence-electron chi connectivity index (χ4n) is 2.77. The average molecular weight is 320 g/mol. The second kappa shape index (κ2) is 9.04. The number of rotatable bonds is 8. The van der Waals surface area contributed by atoms with Crippen molar-refractivity contribution in [1.82, 2.24) is 4.90 Å². The fraction of sp³-hybridized carbons (Fsp3) is 0.632. The maximum atomic E-state index is 12.9. The number of hydrogen-bond donors (Lipinski definition) is 1. The molecule has 1 rings (SSSR count). The van der Waals surface area contributed by atoms with E-state index in [1.807, 2.05) is 49.1 Å². The second-order valence-electron chi connectivity index (χ2n) is 7.54. The van der Waals surface area contributed by atoms with Crippen LogP contribution >= 0.6 is 0 Å². The molecule has 1 amide bonds. The van der Waals surface area contributed by atoms with Gasteiger partial charge in [0, 0.05) is 31.4 Å². The van der Waals surface area contributed by atoms with E-state index < -0.39 is 0 Å². The molecule has 0 heterocycles. The summed E-state index contributed by atoms with van der Waals surface area (Å²) < 4.78 is 0. The SMILES string of the molecule is CC(C)N(C(=O)CN(CCCO)CC(C)(C)C)c1ccccc1. The lowest BCUT2D eigenvalue weighted by atomic mass is 9.96. The third-order valence-electron chi connectivity index (χ3n) is 3.51. The lowest BCUT2D eigenvalue weighted by Gasteiger charge is -2.33. The summed E-state index contributed by atoms with van der Waals surface area (Å²) in [6, 6.07) is 9.92. The van der Waals surface area contributed by atoms with Gasteiger partial charge in [0.1, 0.15) is 0 Å². The van der Waals surface area contributed by atoms with Gasteiger partial charge in [0.05, 0.1) is 6.54 Å². The third-order valence-corrected chi connectivity index (χ3v) is 3.51. The molecule has 0 unspecified atom stereocenters. The minimum atomic E-state index is 0.105. The Hall–Kier alpha value is -1.39. The van der Waals surface area contributed by atoms with Crippen LogP contribution in [0.2, 0.25) is 0 Å². The van der Waals surface area contributed by atoms with E-state index in [0.29, 0.717) is 13.0 Å². The molecule has 0 saturated heterocycles. The molecule has 0 fully saturated rings. The molecule has 0 saturated carbocycles. The zero-order valence-corrected chi connectivity index (χ0v) is 15.2. The van der Waals surface area contributed by atoms with Crippen LogP contribution in [0.1, 0.15) is 41.0 Å². The Balaban J connectivity index is 2.85. The molecule has 130 valence electrons. The number of aliphatic hydroxyl groups excluding tert-OH is 1.